The largest absolute Gasteiger partial charge is 0.484 e. The minimum Gasteiger partial charge on any atom is -0.484 e. The number of primary amides is 1. The summed E-state index contributed by atoms with van der Waals surface area (Å²) in [5, 5.41) is 4.51. The van der Waals surface area contributed by atoms with Gasteiger partial charge < -0.3 is 15.8 Å². The third-order valence-electron chi connectivity index (χ3n) is 2.10. The third-order valence-corrected chi connectivity index (χ3v) is 2.10. The lowest BCUT2D eigenvalue weighted by atomic mass is 10.2. The number of nitrogens with two attached hydrogens (primary N) is 1. The SMILES string of the molecule is CCNC(=O)NC(=O)COc1ccc(C(N)=O)cc1. The monoisotopic (exact) mass is 265 g/mol. The van der Waals surface area contributed by atoms with Gasteiger partial charge in [0.25, 0.3) is 5.91 Å². The van der Waals surface area contributed by atoms with Crippen molar-refractivity contribution in [2.75, 3.05) is 13.2 Å². The Bertz CT molecular complexity index is 470. The quantitative estimate of drug-likeness (QED) is 0.696. The van der Waals surface area contributed by atoms with E-state index in [0.29, 0.717) is 17.9 Å². The highest BCUT2D eigenvalue weighted by atomic mass is 16.5. The maximum Gasteiger partial charge on any atom is 0.321 e. The van der Waals surface area contributed by atoms with Crippen molar-refractivity contribution in [2.45, 2.75) is 6.92 Å². The number of benzene rings is 1. The molecule has 0 atom stereocenters. The molecule has 4 amide bonds. The van der Waals surface area contributed by atoms with Crippen LogP contribution in [0.1, 0.15) is 17.3 Å². The lowest BCUT2D eigenvalue weighted by Crippen LogP contribution is -2.41. The zero-order valence-corrected chi connectivity index (χ0v) is 10.4. The number of amides is 4. The van der Waals surface area contributed by atoms with Crippen LogP contribution in [-0.4, -0.2) is 31.0 Å². The van der Waals surface area contributed by atoms with Crippen molar-refractivity contribution in [3.63, 3.8) is 0 Å². The average molecular weight is 265 g/mol. The fourth-order valence-corrected chi connectivity index (χ4v) is 1.23. The number of rotatable bonds is 5. The van der Waals surface area contributed by atoms with Gasteiger partial charge in [-0.05, 0) is 31.2 Å². The number of ether oxygens (including phenoxy) is 1. The molecule has 0 aliphatic carbocycles. The molecule has 0 bridgehead atoms. The second-order valence-electron chi connectivity index (χ2n) is 3.58. The Morgan fingerprint density at radius 1 is 1.21 bits per heavy atom. The molecule has 0 heterocycles. The van der Waals surface area contributed by atoms with Gasteiger partial charge in [0.2, 0.25) is 5.91 Å². The Balaban J connectivity index is 2.42. The van der Waals surface area contributed by atoms with E-state index in [0.717, 1.165) is 0 Å². The molecule has 0 spiro atoms. The maximum absolute atomic E-state index is 11.3. The highest BCUT2D eigenvalue weighted by Crippen LogP contribution is 2.11. The molecule has 1 aromatic carbocycles. The van der Waals surface area contributed by atoms with Gasteiger partial charge in [0.1, 0.15) is 5.75 Å². The summed E-state index contributed by atoms with van der Waals surface area (Å²) in [5.74, 6) is -0.707. The van der Waals surface area contributed by atoms with Crippen LogP contribution >= 0.6 is 0 Å². The van der Waals surface area contributed by atoms with Crippen LogP contribution in [0.5, 0.6) is 5.75 Å². The average Bonchev–Trinajstić information content (AvgIpc) is 2.37. The first-order valence-electron chi connectivity index (χ1n) is 5.63. The highest BCUT2D eigenvalue weighted by Gasteiger charge is 2.07. The third kappa shape index (κ3) is 5.07. The second kappa shape index (κ2) is 7.00. The molecule has 0 fully saturated rings. The smallest absolute Gasteiger partial charge is 0.321 e. The second-order valence-corrected chi connectivity index (χ2v) is 3.58. The molecule has 1 aromatic rings. The van der Waals surface area contributed by atoms with Crippen molar-refractivity contribution in [1.29, 1.82) is 0 Å². The van der Waals surface area contributed by atoms with Crippen molar-refractivity contribution in [1.82, 2.24) is 10.6 Å². The van der Waals surface area contributed by atoms with Crippen LogP contribution in [-0.2, 0) is 4.79 Å². The van der Waals surface area contributed by atoms with Gasteiger partial charge in [-0.3, -0.25) is 14.9 Å². The fraction of sp³-hybridized carbons (Fsp3) is 0.250. The van der Waals surface area contributed by atoms with E-state index >= 15 is 0 Å². The van der Waals surface area contributed by atoms with E-state index in [1.54, 1.807) is 6.92 Å². The molecule has 102 valence electrons. The normalized spacial score (nSPS) is 9.53. The molecule has 1 rings (SSSR count). The summed E-state index contributed by atoms with van der Waals surface area (Å²) in [7, 11) is 0. The maximum atomic E-state index is 11.3. The number of hydrogen-bond donors (Lipinski definition) is 3. The molecular formula is C12H15N3O4. The molecule has 0 aromatic heterocycles. The van der Waals surface area contributed by atoms with Crippen molar-refractivity contribution in [3.05, 3.63) is 29.8 Å². The molecule has 4 N–H and O–H groups in total. The topological polar surface area (TPSA) is 111 Å². The number of urea groups is 1. The van der Waals surface area contributed by atoms with E-state index < -0.39 is 17.8 Å². The molecule has 19 heavy (non-hydrogen) atoms. The van der Waals surface area contributed by atoms with E-state index in [4.69, 9.17) is 10.5 Å². The Kier molecular flexibility index (Phi) is 5.34. The molecule has 0 radical (unpaired) electrons. The van der Waals surface area contributed by atoms with Gasteiger partial charge in [-0.25, -0.2) is 4.79 Å². The Morgan fingerprint density at radius 3 is 2.37 bits per heavy atom. The summed E-state index contributed by atoms with van der Waals surface area (Å²) in [4.78, 5) is 33.2. The zero-order valence-electron chi connectivity index (χ0n) is 10.4. The molecule has 0 saturated carbocycles. The summed E-state index contributed by atoms with van der Waals surface area (Å²) in [6.07, 6.45) is 0. The molecule has 7 heteroatoms. The number of imide groups is 1. The Morgan fingerprint density at radius 2 is 1.84 bits per heavy atom. The van der Waals surface area contributed by atoms with E-state index in [-0.39, 0.29) is 6.61 Å². The van der Waals surface area contributed by atoms with Crippen molar-refractivity contribution >= 4 is 17.8 Å². The standard InChI is InChI=1S/C12H15N3O4/c1-2-14-12(18)15-10(16)7-19-9-5-3-8(4-6-9)11(13)17/h3-6H,2,7H2,1H3,(H2,13,17)(H2,14,15,16,18). The van der Waals surface area contributed by atoms with Crippen LogP contribution in [0.15, 0.2) is 24.3 Å². The number of carbonyl (C=O) groups excluding carboxylic acids is 3. The highest BCUT2D eigenvalue weighted by molar-refractivity contribution is 5.95. The number of hydrogen-bond acceptors (Lipinski definition) is 4. The lowest BCUT2D eigenvalue weighted by Gasteiger charge is -2.07. The zero-order chi connectivity index (χ0) is 14.3. The summed E-state index contributed by atoms with van der Waals surface area (Å²) in [6, 6.07) is 5.43. The van der Waals surface area contributed by atoms with E-state index in [2.05, 4.69) is 10.6 Å². The first-order chi connectivity index (χ1) is 9.02. The van der Waals surface area contributed by atoms with E-state index in [9.17, 15) is 14.4 Å². The first kappa shape index (κ1) is 14.5. The van der Waals surface area contributed by atoms with Gasteiger partial charge >= 0.3 is 6.03 Å². The van der Waals surface area contributed by atoms with Crippen molar-refractivity contribution in [3.8, 4) is 5.75 Å². The lowest BCUT2D eigenvalue weighted by molar-refractivity contribution is -0.122. The Labute approximate surface area is 110 Å². The van der Waals surface area contributed by atoms with Gasteiger partial charge in [0.15, 0.2) is 6.61 Å². The van der Waals surface area contributed by atoms with Crippen LogP contribution < -0.4 is 21.1 Å². The Hall–Kier alpha value is -2.57. The molecule has 7 nitrogen and oxygen atoms in total. The van der Waals surface area contributed by atoms with Crippen molar-refractivity contribution in [2.24, 2.45) is 5.73 Å². The summed E-state index contributed by atoms with van der Waals surface area (Å²) in [6.45, 7) is 1.86. The number of carbonyl (C=O) groups is 3. The predicted octanol–water partition coefficient (Wildman–Crippen LogP) is 0.0100. The van der Waals surface area contributed by atoms with E-state index in [1.165, 1.54) is 24.3 Å². The summed E-state index contributed by atoms with van der Waals surface area (Å²) < 4.78 is 5.14. The van der Waals surface area contributed by atoms with Gasteiger partial charge in [-0.2, -0.15) is 0 Å². The predicted molar refractivity (Wildman–Crippen MR) is 67.7 cm³/mol. The molecule has 0 unspecified atom stereocenters. The molecule has 0 aliphatic rings. The van der Waals surface area contributed by atoms with E-state index in [1.807, 2.05) is 0 Å². The number of nitrogens with one attached hydrogen (secondary N) is 2. The van der Waals surface area contributed by atoms with Gasteiger partial charge in [-0.1, -0.05) is 0 Å². The fourth-order valence-electron chi connectivity index (χ4n) is 1.23. The minimum atomic E-state index is -0.569. The minimum absolute atomic E-state index is 0.299. The van der Waals surface area contributed by atoms with Crippen LogP contribution in [0.4, 0.5) is 4.79 Å². The van der Waals surface area contributed by atoms with Gasteiger partial charge in [0.05, 0.1) is 0 Å². The van der Waals surface area contributed by atoms with Crippen LogP contribution in [0.25, 0.3) is 0 Å². The molecular weight excluding hydrogens is 250 g/mol. The summed E-state index contributed by atoms with van der Waals surface area (Å²) >= 11 is 0. The van der Waals surface area contributed by atoms with Gasteiger partial charge in [-0.15, -0.1) is 0 Å². The summed E-state index contributed by atoms with van der Waals surface area (Å²) in [5.41, 5.74) is 5.43. The molecule has 0 aliphatic heterocycles. The molecule has 0 saturated heterocycles. The van der Waals surface area contributed by atoms with Gasteiger partial charge in [0, 0.05) is 12.1 Å². The van der Waals surface area contributed by atoms with Crippen LogP contribution in [0.3, 0.4) is 0 Å². The first-order valence-corrected chi connectivity index (χ1v) is 5.63. The van der Waals surface area contributed by atoms with Crippen molar-refractivity contribution < 1.29 is 19.1 Å². The van der Waals surface area contributed by atoms with Crippen LogP contribution in [0.2, 0.25) is 0 Å². The van der Waals surface area contributed by atoms with Crippen LogP contribution in [0, 0.1) is 0 Å².